The number of hydrogen-bond donors (Lipinski definition) is 0. The zero-order valence-electron chi connectivity index (χ0n) is 20.0. The van der Waals surface area contributed by atoms with Gasteiger partial charge in [0.15, 0.2) is 5.13 Å². The molecule has 186 valence electrons. The average molecular weight is 533 g/mol. The third-order valence-corrected chi connectivity index (χ3v) is 7.82. The number of likely N-dealkylation sites (N-methyl/N-ethyl adjacent to an activating group) is 1. The second-order valence-corrected chi connectivity index (χ2v) is 9.82. The van der Waals surface area contributed by atoms with Crippen LogP contribution in [0.1, 0.15) is 37.0 Å². The number of benzene rings is 2. The van der Waals surface area contributed by atoms with Crippen molar-refractivity contribution in [2.45, 2.75) is 31.6 Å². The maximum Gasteiger partial charge on any atom is 0.260 e. The minimum Gasteiger partial charge on any atom is -0.302 e. The topological polar surface area (TPSA) is 73.8 Å². The fourth-order valence-electron chi connectivity index (χ4n) is 4.06. The summed E-state index contributed by atoms with van der Waals surface area (Å²) < 4.78 is 1.03. The Morgan fingerprint density at radius 3 is 2.40 bits per heavy atom. The van der Waals surface area contributed by atoms with E-state index in [1.165, 1.54) is 16.2 Å². The quantitative estimate of drug-likeness (QED) is 0.282. The third kappa shape index (κ3) is 5.69. The summed E-state index contributed by atoms with van der Waals surface area (Å²) in [5, 5.41) is 0.646. The maximum atomic E-state index is 13.8. The number of rotatable bonds is 9. The van der Waals surface area contributed by atoms with E-state index >= 15 is 0 Å². The average Bonchev–Trinajstić information content (AvgIpc) is 3.44. The van der Waals surface area contributed by atoms with Gasteiger partial charge in [-0.15, -0.1) is 24.2 Å². The minimum atomic E-state index is -0.233. The molecular formula is C25H29ClN4O3S2. The summed E-state index contributed by atoms with van der Waals surface area (Å²) in [6.45, 7) is 7.19. The molecule has 0 saturated carbocycles. The lowest BCUT2D eigenvalue weighted by Gasteiger charge is -2.25. The fourth-order valence-corrected chi connectivity index (χ4v) is 5.70. The first-order chi connectivity index (χ1) is 16.5. The second-order valence-electron chi connectivity index (χ2n) is 7.96. The van der Waals surface area contributed by atoms with Crippen molar-refractivity contribution in [3.63, 3.8) is 0 Å². The van der Waals surface area contributed by atoms with Gasteiger partial charge in [0.2, 0.25) is 11.8 Å². The second kappa shape index (κ2) is 12.0. The zero-order chi connectivity index (χ0) is 24.2. The van der Waals surface area contributed by atoms with Gasteiger partial charge in [0.05, 0.1) is 15.9 Å². The third-order valence-electron chi connectivity index (χ3n) is 6.00. The number of halogens is 1. The summed E-state index contributed by atoms with van der Waals surface area (Å²) in [5.41, 5.74) is 1.77. The Labute approximate surface area is 219 Å². The van der Waals surface area contributed by atoms with Crippen LogP contribution >= 0.6 is 35.5 Å². The number of anilines is 2. The fraction of sp³-hybridized carbons (Fsp3) is 0.360. The zero-order valence-corrected chi connectivity index (χ0v) is 22.5. The summed E-state index contributed by atoms with van der Waals surface area (Å²) in [5.74, 6) is -0.662. The van der Waals surface area contributed by atoms with Gasteiger partial charge in [0.1, 0.15) is 0 Å². The first-order valence-corrected chi connectivity index (χ1v) is 13.4. The number of carbonyl (C=O) groups is 3. The van der Waals surface area contributed by atoms with Crippen LogP contribution in [0.3, 0.4) is 0 Å². The molecule has 1 saturated heterocycles. The molecule has 1 aromatic heterocycles. The van der Waals surface area contributed by atoms with Crippen molar-refractivity contribution < 1.29 is 14.4 Å². The van der Waals surface area contributed by atoms with Crippen LogP contribution in [0.25, 0.3) is 10.2 Å². The van der Waals surface area contributed by atoms with Crippen molar-refractivity contribution in [2.24, 2.45) is 0 Å². The van der Waals surface area contributed by atoms with Gasteiger partial charge in [-0.3, -0.25) is 24.2 Å². The lowest BCUT2D eigenvalue weighted by Crippen LogP contribution is -2.39. The van der Waals surface area contributed by atoms with E-state index in [0.717, 1.165) is 28.2 Å². The summed E-state index contributed by atoms with van der Waals surface area (Å²) in [4.78, 5) is 49.3. The van der Waals surface area contributed by atoms with Crippen molar-refractivity contribution in [3.05, 3.63) is 48.0 Å². The number of para-hydroxylation sites is 1. The number of aromatic nitrogens is 1. The Bertz CT molecular complexity index is 1210. The lowest BCUT2D eigenvalue weighted by atomic mass is 10.1. The molecule has 3 aromatic rings. The molecule has 0 bridgehead atoms. The monoisotopic (exact) mass is 532 g/mol. The SMILES string of the molecule is CCN(CC)CCN(C(=O)c1cccc(N2C(=O)CCC2=O)c1)c1nc2c(SC)cccc2s1.Cl. The first kappa shape index (κ1) is 27.1. The van der Waals surface area contributed by atoms with E-state index < -0.39 is 0 Å². The normalized spacial score (nSPS) is 13.5. The van der Waals surface area contributed by atoms with E-state index in [9.17, 15) is 14.4 Å². The van der Waals surface area contributed by atoms with Gasteiger partial charge >= 0.3 is 0 Å². The number of imide groups is 1. The molecule has 0 unspecified atom stereocenters. The smallest absolute Gasteiger partial charge is 0.260 e. The molecule has 1 aliphatic rings. The van der Waals surface area contributed by atoms with Gasteiger partial charge < -0.3 is 4.90 Å². The molecule has 0 radical (unpaired) electrons. The van der Waals surface area contributed by atoms with Crippen molar-refractivity contribution in [1.29, 1.82) is 0 Å². The Morgan fingerprint density at radius 2 is 1.74 bits per heavy atom. The van der Waals surface area contributed by atoms with Crippen molar-refractivity contribution >= 4 is 74.3 Å². The Morgan fingerprint density at radius 1 is 1.06 bits per heavy atom. The molecule has 1 aliphatic heterocycles. The van der Waals surface area contributed by atoms with Crippen LogP contribution in [-0.2, 0) is 9.59 Å². The highest BCUT2D eigenvalue weighted by atomic mass is 35.5. The Kier molecular flexibility index (Phi) is 9.29. The summed E-state index contributed by atoms with van der Waals surface area (Å²) in [7, 11) is 0. The molecule has 10 heteroatoms. The van der Waals surface area contributed by atoms with Gasteiger partial charge in [0, 0.05) is 36.4 Å². The van der Waals surface area contributed by atoms with Crippen molar-refractivity contribution in [3.8, 4) is 0 Å². The summed E-state index contributed by atoms with van der Waals surface area (Å²) in [6.07, 6.45) is 2.43. The first-order valence-electron chi connectivity index (χ1n) is 11.4. The number of thioether (sulfide) groups is 1. The molecular weight excluding hydrogens is 504 g/mol. The molecule has 0 spiro atoms. The lowest BCUT2D eigenvalue weighted by molar-refractivity contribution is -0.121. The highest BCUT2D eigenvalue weighted by molar-refractivity contribution is 7.98. The van der Waals surface area contributed by atoms with Crippen LogP contribution in [0.2, 0.25) is 0 Å². The summed E-state index contributed by atoms with van der Waals surface area (Å²) in [6, 6.07) is 12.8. The molecule has 7 nitrogen and oxygen atoms in total. The van der Waals surface area contributed by atoms with Crippen LogP contribution in [0.5, 0.6) is 0 Å². The van der Waals surface area contributed by atoms with Crippen LogP contribution in [-0.4, -0.2) is 60.0 Å². The predicted octanol–water partition coefficient (Wildman–Crippen LogP) is 5.08. The number of hydrogen-bond acceptors (Lipinski definition) is 7. The van der Waals surface area contributed by atoms with E-state index in [2.05, 4.69) is 18.7 Å². The molecule has 0 atom stereocenters. The van der Waals surface area contributed by atoms with Crippen LogP contribution in [0, 0.1) is 0 Å². The molecule has 3 amide bonds. The van der Waals surface area contributed by atoms with Gasteiger partial charge in [0.25, 0.3) is 5.91 Å². The molecule has 0 aliphatic carbocycles. The Hall–Kier alpha value is -2.46. The number of fused-ring (bicyclic) bond motifs is 1. The van der Waals surface area contributed by atoms with Crippen molar-refractivity contribution in [2.75, 3.05) is 42.2 Å². The number of nitrogens with zero attached hydrogens (tertiary/aromatic N) is 4. The standard InChI is InChI=1S/C25H28N4O3S2.ClH/c1-4-27(5-2)14-15-28(25-26-23-19(33-3)10-7-11-20(23)34-25)24(32)17-8-6-9-18(16-17)29-21(30)12-13-22(29)31;/h6-11,16H,4-5,12-15H2,1-3H3;1H. The maximum absolute atomic E-state index is 13.8. The molecule has 1 fully saturated rings. The van der Waals surface area contributed by atoms with E-state index in [1.807, 2.05) is 24.5 Å². The highest BCUT2D eigenvalue weighted by Gasteiger charge is 2.31. The van der Waals surface area contributed by atoms with E-state index in [1.54, 1.807) is 40.9 Å². The van der Waals surface area contributed by atoms with Crippen LogP contribution in [0.15, 0.2) is 47.4 Å². The van der Waals surface area contributed by atoms with Gasteiger partial charge in [-0.2, -0.15) is 0 Å². The van der Waals surface area contributed by atoms with Crippen LogP contribution < -0.4 is 9.80 Å². The number of carbonyl (C=O) groups excluding carboxylic acids is 3. The van der Waals surface area contributed by atoms with Gasteiger partial charge in [-0.25, -0.2) is 4.98 Å². The predicted molar refractivity (Wildman–Crippen MR) is 146 cm³/mol. The van der Waals surface area contributed by atoms with E-state index in [-0.39, 0.29) is 43.0 Å². The summed E-state index contributed by atoms with van der Waals surface area (Å²) >= 11 is 3.13. The van der Waals surface area contributed by atoms with Gasteiger partial charge in [-0.1, -0.05) is 37.3 Å². The van der Waals surface area contributed by atoms with Gasteiger partial charge in [-0.05, 0) is 49.7 Å². The molecule has 2 heterocycles. The van der Waals surface area contributed by atoms with Crippen LogP contribution in [0.4, 0.5) is 10.8 Å². The largest absolute Gasteiger partial charge is 0.302 e. The highest BCUT2D eigenvalue weighted by Crippen LogP contribution is 2.35. The van der Waals surface area contributed by atoms with Crippen molar-refractivity contribution in [1.82, 2.24) is 9.88 Å². The molecule has 35 heavy (non-hydrogen) atoms. The van der Waals surface area contributed by atoms with E-state index in [0.29, 0.717) is 29.5 Å². The Balaban J connectivity index is 0.00000342. The molecule has 4 rings (SSSR count). The minimum absolute atomic E-state index is 0. The molecule has 0 N–H and O–H groups in total. The molecule has 2 aromatic carbocycles. The number of thiazole rings is 1. The number of amides is 3. The van der Waals surface area contributed by atoms with E-state index in [4.69, 9.17) is 4.98 Å².